The molecule has 2 fully saturated rings. The third-order valence-corrected chi connectivity index (χ3v) is 6.90. The average Bonchev–Trinajstić information content (AvgIpc) is 2.94. The Balaban J connectivity index is 1.89. The summed E-state index contributed by atoms with van der Waals surface area (Å²) in [7, 11) is -3.23. The maximum absolute atomic E-state index is 12.8. The Hall–Kier alpha value is -0.170. The summed E-state index contributed by atoms with van der Waals surface area (Å²) in [6.45, 7) is 9.46. The van der Waals surface area contributed by atoms with Crippen LogP contribution in [0.2, 0.25) is 0 Å². The molecule has 0 aliphatic carbocycles. The quantitative estimate of drug-likeness (QED) is 0.813. The zero-order chi connectivity index (χ0) is 15.5. The van der Waals surface area contributed by atoms with Gasteiger partial charge in [-0.2, -0.15) is 17.0 Å². The minimum Gasteiger partial charge on any atom is -0.314 e. The molecule has 0 amide bonds. The van der Waals surface area contributed by atoms with Gasteiger partial charge in [-0.25, -0.2) is 0 Å². The lowest BCUT2D eigenvalue weighted by Gasteiger charge is -2.35. The molecule has 6 heteroatoms. The van der Waals surface area contributed by atoms with Gasteiger partial charge in [0.1, 0.15) is 0 Å². The van der Waals surface area contributed by atoms with Crippen molar-refractivity contribution in [2.45, 2.75) is 65.0 Å². The first-order valence-corrected chi connectivity index (χ1v) is 9.85. The van der Waals surface area contributed by atoms with E-state index in [0.29, 0.717) is 31.6 Å². The van der Waals surface area contributed by atoms with E-state index in [4.69, 9.17) is 0 Å². The Kier molecular flexibility index (Phi) is 6.05. The van der Waals surface area contributed by atoms with Crippen molar-refractivity contribution in [2.24, 2.45) is 5.92 Å². The van der Waals surface area contributed by atoms with E-state index >= 15 is 0 Å². The van der Waals surface area contributed by atoms with Gasteiger partial charge in [0.25, 0.3) is 10.2 Å². The first kappa shape index (κ1) is 17.2. The molecule has 2 heterocycles. The normalized spacial score (nSPS) is 26.8. The number of nitrogens with one attached hydrogen (secondary N) is 1. The molecule has 2 rings (SSSR count). The Morgan fingerprint density at radius 2 is 1.81 bits per heavy atom. The van der Waals surface area contributed by atoms with Crippen molar-refractivity contribution in [3.63, 3.8) is 0 Å². The minimum absolute atomic E-state index is 0.218. The highest BCUT2D eigenvalue weighted by molar-refractivity contribution is 7.86. The van der Waals surface area contributed by atoms with Crippen LogP contribution in [-0.2, 0) is 10.2 Å². The van der Waals surface area contributed by atoms with Gasteiger partial charge in [0, 0.05) is 31.7 Å². The van der Waals surface area contributed by atoms with E-state index in [2.05, 4.69) is 26.1 Å². The molecule has 0 aromatic rings. The van der Waals surface area contributed by atoms with Gasteiger partial charge in [-0.3, -0.25) is 0 Å². The van der Waals surface area contributed by atoms with Crippen LogP contribution in [0.3, 0.4) is 0 Å². The predicted octanol–water partition coefficient (Wildman–Crippen LogP) is 1.82. The van der Waals surface area contributed by atoms with Gasteiger partial charge < -0.3 is 5.32 Å². The molecule has 0 aromatic heterocycles. The van der Waals surface area contributed by atoms with Gasteiger partial charge in [0.2, 0.25) is 0 Å². The molecule has 21 heavy (non-hydrogen) atoms. The number of hydrogen-bond donors (Lipinski definition) is 1. The van der Waals surface area contributed by atoms with Gasteiger partial charge in [-0.1, -0.05) is 20.8 Å². The molecule has 1 atom stereocenters. The van der Waals surface area contributed by atoms with E-state index in [0.717, 1.165) is 38.6 Å². The predicted molar refractivity (Wildman–Crippen MR) is 86.4 cm³/mol. The topological polar surface area (TPSA) is 52.7 Å². The summed E-state index contributed by atoms with van der Waals surface area (Å²) in [5.74, 6) is 0.611. The van der Waals surface area contributed by atoms with Crippen molar-refractivity contribution in [1.29, 1.82) is 0 Å². The smallest absolute Gasteiger partial charge is 0.282 e. The lowest BCUT2D eigenvalue weighted by molar-refractivity contribution is 0.242. The van der Waals surface area contributed by atoms with Gasteiger partial charge in [-0.05, 0) is 44.6 Å². The van der Waals surface area contributed by atoms with Crippen LogP contribution in [0.5, 0.6) is 0 Å². The Morgan fingerprint density at radius 3 is 2.38 bits per heavy atom. The number of rotatable bonds is 6. The van der Waals surface area contributed by atoms with Crippen molar-refractivity contribution in [1.82, 2.24) is 13.9 Å². The molecule has 1 N–H and O–H groups in total. The van der Waals surface area contributed by atoms with Crippen molar-refractivity contribution in [3.05, 3.63) is 0 Å². The Labute approximate surface area is 130 Å². The maximum Gasteiger partial charge on any atom is 0.282 e. The fourth-order valence-corrected chi connectivity index (χ4v) is 5.38. The van der Waals surface area contributed by atoms with Crippen LogP contribution in [0.4, 0.5) is 0 Å². The average molecular weight is 317 g/mol. The third-order valence-electron chi connectivity index (χ3n) is 4.81. The monoisotopic (exact) mass is 317 g/mol. The minimum atomic E-state index is -3.23. The SMILES string of the molecule is CCC1CCCN1S(=O)(=O)N1CCC(CNC(C)C)CC1. The van der Waals surface area contributed by atoms with E-state index in [9.17, 15) is 8.42 Å². The summed E-state index contributed by atoms with van der Waals surface area (Å²) in [6, 6.07) is 0.719. The molecule has 1 unspecified atom stereocenters. The molecule has 0 saturated carbocycles. The van der Waals surface area contributed by atoms with Crippen molar-refractivity contribution >= 4 is 10.2 Å². The fraction of sp³-hybridized carbons (Fsp3) is 1.00. The molecule has 124 valence electrons. The zero-order valence-corrected chi connectivity index (χ0v) is 14.5. The van der Waals surface area contributed by atoms with Crippen LogP contribution < -0.4 is 5.32 Å². The second kappa shape index (κ2) is 7.40. The maximum atomic E-state index is 12.8. The molecule has 0 bridgehead atoms. The summed E-state index contributed by atoms with van der Waals surface area (Å²) in [5.41, 5.74) is 0. The molecule has 5 nitrogen and oxygen atoms in total. The molecular formula is C15H31N3O2S. The zero-order valence-electron chi connectivity index (χ0n) is 13.7. The van der Waals surface area contributed by atoms with Crippen LogP contribution in [0, 0.1) is 5.92 Å². The Bertz CT molecular complexity index is 417. The molecule has 2 aliphatic heterocycles. The standard InChI is InChI=1S/C15H31N3O2S/c1-4-15-6-5-9-18(15)21(19,20)17-10-7-14(8-11-17)12-16-13(2)3/h13-16H,4-12H2,1-3H3. The first-order valence-electron chi connectivity index (χ1n) is 8.45. The van der Waals surface area contributed by atoms with Gasteiger partial charge in [0.05, 0.1) is 0 Å². The summed E-state index contributed by atoms with van der Waals surface area (Å²) in [5, 5.41) is 3.46. The highest BCUT2D eigenvalue weighted by atomic mass is 32.2. The molecule has 0 spiro atoms. The summed E-state index contributed by atoms with van der Waals surface area (Å²) in [4.78, 5) is 0. The number of nitrogens with zero attached hydrogens (tertiary/aromatic N) is 2. The van der Waals surface area contributed by atoms with Gasteiger partial charge >= 0.3 is 0 Å². The highest BCUT2D eigenvalue weighted by Crippen LogP contribution is 2.28. The summed E-state index contributed by atoms with van der Waals surface area (Å²) >= 11 is 0. The van der Waals surface area contributed by atoms with Gasteiger partial charge in [-0.15, -0.1) is 0 Å². The van der Waals surface area contributed by atoms with Crippen LogP contribution >= 0.6 is 0 Å². The Morgan fingerprint density at radius 1 is 1.14 bits per heavy atom. The third kappa shape index (κ3) is 4.18. The summed E-state index contributed by atoms with van der Waals surface area (Å²) in [6.07, 6.45) is 4.90. The molecule has 2 aliphatic rings. The fourth-order valence-electron chi connectivity index (χ4n) is 3.42. The largest absolute Gasteiger partial charge is 0.314 e. The van der Waals surface area contributed by atoms with Crippen molar-refractivity contribution in [2.75, 3.05) is 26.2 Å². The summed E-state index contributed by atoms with van der Waals surface area (Å²) < 4.78 is 29.0. The molecule has 0 aromatic carbocycles. The van der Waals surface area contributed by atoms with Crippen LogP contribution in [0.1, 0.15) is 52.9 Å². The molecule has 0 radical (unpaired) electrons. The number of hydrogen-bond acceptors (Lipinski definition) is 3. The van der Waals surface area contributed by atoms with E-state index in [1.165, 1.54) is 0 Å². The van der Waals surface area contributed by atoms with Crippen LogP contribution in [-0.4, -0.2) is 55.3 Å². The lowest BCUT2D eigenvalue weighted by Crippen LogP contribution is -2.49. The van der Waals surface area contributed by atoms with Crippen molar-refractivity contribution < 1.29 is 8.42 Å². The van der Waals surface area contributed by atoms with Crippen molar-refractivity contribution in [3.8, 4) is 0 Å². The van der Waals surface area contributed by atoms with Crippen LogP contribution in [0.25, 0.3) is 0 Å². The number of piperidine rings is 1. The van der Waals surface area contributed by atoms with Gasteiger partial charge in [0.15, 0.2) is 0 Å². The second-order valence-electron chi connectivity index (χ2n) is 6.73. The lowest BCUT2D eigenvalue weighted by atomic mass is 9.98. The first-order chi connectivity index (χ1) is 9.95. The van der Waals surface area contributed by atoms with E-state index in [1.54, 1.807) is 8.61 Å². The highest BCUT2D eigenvalue weighted by Gasteiger charge is 2.38. The van der Waals surface area contributed by atoms with E-state index in [1.807, 2.05) is 0 Å². The van der Waals surface area contributed by atoms with E-state index in [-0.39, 0.29) is 6.04 Å². The molecular weight excluding hydrogens is 286 g/mol. The van der Waals surface area contributed by atoms with E-state index < -0.39 is 10.2 Å². The second-order valence-corrected chi connectivity index (χ2v) is 8.61. The molecule has 2 saturated heterocycles. The van der Waals surface area contributed by atoms with Crippen LogP contribution in [0.15, 0.2) is 0 Å².